The number of hydrogen-bond acceptors (Lipinski definition) is 4. The van der Waals surface area contributed by atoms with Crippen molar-refractivity contribution in [1.82, 2.24) is 10.8 Å². The highest BCUT2D eigenvalue weighted by Gasteiger charge is 2.14. The first-order valence-electron chi connectivity index (χ1n) is 2.66. The van der Waals surface area contributed by atoms with E-state index in [0.29, 0.717) is 0 Å². The fourth-order valence-corrected chi connectivity index (χ4v) is 0.320. The summed E-state index contributed by atoms with van der Waals surface area (Å²) in [6.45, 7) is 3.08. The van der Waals surface area contributed by atoms with E-state index in [0.717, 1.165) is 11.6 Å². The fraction of sp³-hybridized carbons (Fsp3) is 0.200. The molecule has 0 aliphatic heterocycles. The van der Waals surface area contributed by atoms with E-state index < -0.39 is 18.0 Å². The molecule has 6 nitrogen and oxygen atoms in total. The van der Waals surface area contributed by atoms with E-state index in [4.69, 9.17) is 10.3 Å². The molecule has 0 rings (SSSR count). The number of hydroxylamine groups is 1. The molecule has 0 saturated carbocycles. The van der Waals surface area contributed by atoms with Gasteiger partial charge >= 0.3 is 0 Å². The molecule has 0 spiro atoms. The molecule has 0 heterocycles. The summed E-state index contributed by atoms with van der Waals surface area (Å²) in [4.78, 5) is 20.7. The maximum atomic E-state index is 10.4. The molecular weight excluding hydrogens is 152 g/mol. The smallest absolute Gasteiger partial charge is 0.293 e. The van der Waals surface area contributed by atoms with E-state index in [9.17, 15) is 9.59 Å². The van der Waals surface area contributed by atoms with Gasteiger partial charge in [-0.2, -0.15) is 0 Å². The molecule has 0 fully saturated rings. The molecule has 0 saturated heterocycles. The SMILES string of the molecule is C=CC(=O)N[C@H](O)C(=O)NO. The third-order valence-electron chi connectivity index (χ3n) is 0.823. The lowest BCUT2D eigenvalue weighted by atomic mass is 10.5. The molecule has 2 amide bonds. The molecule has 0 radical (unpaired) electrons. The van der Waals surface area contributed by atoms with Gasteiger partial charge in [0.15, 0.2) is 0 Å². The summed E-state index contributed by atoms with van der Waals surface area (Å²) < 4.78 is 0. The first-order valence-corrected chi connectivity index (χ1v) is 2.66. The van der Waals surface area contributed by atoms with E-state index in [2.05, 4.69) is 6.58 Å². The van der Waals surface area contributed by atoms with E-state index in [-0.39, 0.29) is 0 Å². The molecule has 11 heavy (non-hydrogen) atoms. The van der Waals surface area contributed by atoms with Crippen molar-refractivity contribution in [2.45, 2.75) is 6.23 Å². The fourth-order valence-electron chi connectivity index (χ4n) is 0.320. The van der Waals surface area contributed by atoms with Crippen molar-refractivity contribution >= 4 is 11.8 Å². The average Bonchev–Trinajstić information content (AvgIpc) is 2.02. The predicted molar refractivity (Wildman–Crippen MR) is 34.3 cm³/mol. The Kier molecular flexibility index (Phi) is 3.86. The highest BCUT2D eigenvalue weighted by molar-refractivity contribution is 5.91. The summed E-state index contributed by atoms with van der Waals surface area (Å²) in [6, 6.07) is 0. The van der Waals surface area contributed by atoms with E-state index in [1.54, 1.807) is 5.32 Å². The Morgan fingerprint density at radius 1 is 1.55 bits per heavy atom. The number of rotatable bonds is 3. The second-order valence-electron chi connectivity index (χ2n) is 1.59. The van der Waals surface area contributed by atoms with Crippen molar-refractivity contribution < 1.29 is 19.9 Å². The zero-order chi connectivity index (χ0) is 8.85. The van der Waals surface area contributed by atoms with Crippen LogP contribution in [0.3, 0.4) is 0 Å². The van der Waals surface area contributed by atoms with Crippen molar-refractivity contribution in [3.05, 3.63) is 12.7 Å². The first-order chi connectivity index (χ1) is 5.11. The van der Waals surface area contributed by atoms with Crippen LogP contribution in [0.15, 0.2) is 12.7 Å². The van der Waals surface area contributed by atoms with Gasteiger partial charge in [0.2, 0.25) is 12.1 Å². The summed E-state index contributed by atoms with van der Waals surface area (Å²) in [6.07, 6.45) is -0.876. The Bertz CT molecular complexity index is 179. The summed E-state index contributed by atoms with van der Waals surface area (Å²) >= 11 is 0. The number of carbonyl (C=O) groups is 2. The van der Waals surface area contributed by atoms with E-state index in [1.165, 1.54) is 0 Å². The van der Waals surface area contributed by atoms with Crippen molar-refractivity contribution in [3.8, 4) is 0 Å². The van der Waals surface area contributed by atoms with Crippen molar-refractivity contribution in [3.63, 3.8) is 0 Å². The number of aliphatic hydroxyl groups excluding tert-OH is 1. The quantitative estimate of drug-likeness (QED) is 0.168. The van der Waals surface area contributed by atoms with Crippen molar-refractivity contribution in [2.24, 2.45) is 0 Å². The molecule has 62 valence electrons. The Morgan fingerprint density at radius 2 is 2.09 bits per heavy atom. The molecular formula is C5H8N2O4. The van der Waals surface area contributed by atoms with E-state index >= 15 is 0 Å². The molecule has 0 aromatic carbocycles. The van der Waals surface area contributed by atoms with Crippen LogP contribution in [0.25, 0.3) is 0 Å². The molecule has 0 bridgehead atoms. The van der Waals surface area contributed by atoms with E-state index in [1.807, 2.05) is 0 Å². The van der Waals surface area contributed by atoms with Crippen LogP contribution in [-0.4, -0.2) is 28.4 Å². The zero-order valence-electron chi connectivity index (χ0n) is 5.57. The average molecular weight is 160 g/mol. The molecule has 0 aromatic rings. The lowest BCUT2D eigenvalue weighted by molar-refractivity contribution is -0.142. The van der Waals surface area contributed by atoms with Crippen molar-refractivity contribution in [1.29, 1.82) is 0 Å². The van der Waals surface area contributed by atoms with Crippen LogP contribution < -0.4 is 10.8 Å². The lowest BCUT2D eigenvalue weighted by Crippen LogP contribution is -2.45. The first kappa shape index (κ1) is 9.60. The van der Waals surface area contributed by atoms with Crippen LogP contribution in [0.5, 0.6) is 0 Å². The second-order valence-corrected chi connectivity index (χ2v) is 1.59. The van der Waals surface area contributed by atoms with Gasteiger partial charge < -0.3 is 10.4 Å². The minimum absolute atomic E-state index is 0.707. The summed E-state index contributed by atoms with van der Waals surface area (Å²) in [5, 5.41) is 18.4. The van der Waals surface area contributed by atoms with Gasteiger partial charge in [0.05, 0.1) is 0 Å². The lowest BCUT2D eigenvalue weighted by Gasteiger charge is -2.07. The maximum absolute atomic E-state index is 10.4. The molecule has 0 aliphatic carbocycles. The van der Waals surface area contributed by atoms with Crippen LogP contribution >= 0.6 is 0 Å². The molecule has 6 heteroatoms. The standard InChI is InChI=1S/C5H8N2O4/c1-2-3(8)6-4(9)5(10)7-11/h2,4,9,11H,1H2,(H,6,8)(H,7,10)/t4-/m1/s1. The van der Waals surface area contributed by atoms with Crippen LogP contribution in [0.1, 0.15) is 0 Å². The van der Waals surface area contributed by atoms with Gasteiger partial charge in [0, 0.05) is 0 Å². The van der Waals surface area contributed by atoms with Gasteiger partial charge in [-0.1, -0.05) is 6.58 Å². The summed E-state index contributed by atoms with van der Waals surface area (Å²) in [5.74, 6) is -1.82. The van der Waals surface area contributed by atoms with Gasteiger partial charge in [-0.25, -0.2) is 5.48 Å². The summed E-state index contributed by atoms with van der Waals surface area (Å²) in [5.41, 5.74) is 1.16. The van der Waals surface area contributed by atoms with Crippen LogP contribution in [0.2, 0.25) is 0 Å². The molecule has 0 aliphatic rings. The Balaban J connectivity index is 3.86. The normalized spacial score (nSPS) is 11.5. The minimum Gasteiger partial charge on any atom is -0.365 e. The number of amides is 2. The molecule has 0 aromatic heterocycles. The third kappa shape index (κ3) is 3.33. The minimum atomic E-state index is -1.76. The second kappa shape index (κ2) is 4.42. The van der Waals surface area contributed by atoms with Gasteiger partial charge in [0.1, 0.15) is 0 Å². The number of aliphatic hydroxyl groups is 1. The largest absolute Gasteiger partial charge is 0.365 e. The number of nitrogens with one attached hydrogen (secondary N) is 2. The monoisotopic (exact) mass is 160 g/mol. The highest BCUT2D eigenvalue weighted by atomic mass is 16.5. The molecule has 4 N–H and O–H groups in total. The number of carbonyl (C=O) groups excluding carboxylic acids is 2. The Morgan fingerprint density at radius 3 is 2.45 bits per heavy atom. The van der Waals surface area contributed by atoms with Crippen LogP contribution in [-0.2, 0) is 9.59 Å². The summed E-state index contributed by atoms with van der Waals surface area (Å²) in [7, 11) is 0. The van der Waals surface area contributed by atoms with Crippen molar-refractivity contribution in [2.75, 3.05) is 0 Å². The molecule has 0 unspecified atom stereocenters. The zero-order valence-corrected chi connectivity index (χ0v) is 5.57. The van der Waals surface area contributed by atoms with Gasteiger partial charge in [-0.3, -0.25) is 14.8 Å². The Labute approximate surface area is 62.5 Å². The van der Waals surface area contributed by atoms with Gasteiger partial charge in [-0.05, 0) is 6.08 Å². The van der Waals surface area contributed by atoms with Crippen LogP contribution in [0.4, 0.5) is 0 Å². The van der Waals surface area contributed by atoms with Crippen LogP contribution in [0, 0.1) is 0 Å². The van der Waals surface area contributed by atoms with Gasteiger partial charge in [-0.15, -0.1) is 0 Å². The third-order valence-corrected chi connectivity index (χ3v) is 0.823. The molecule has 1 atom stereocenters. The Hall–Kier alpha value is -1.40. The highest BCUT2D eigenvalue weighted by Crippen LogP contribution is 1.76. The number of hydrogen-bond donors (Lipinski definition) is 4. The maximum Gasteiger partial charge on any atom is 0.293 e. The predicted octanol–water partition coefficient (Wildman–Crippen LogP) is -1.89. The topological polar surface area (TPSA) is 98.7 Å². The van der Waals surface area contributed by atoms with Gasteiger partial charge in [0.25, 0.3) is 5.91 Å².